The minimum Gasteiger partial charge on any atom is -0.389 e. The van der Waals surface area contributed by atoms with Crippen molar-refractivity contribution in [2.24, 2.45) is 0 Å². The quantitative estimate of drug-likeness (QED) is 0.767. The van der Waals surface area contributed by atoms with Crippen LogP contribution in [0.5, 0.6) is 0 Å². The molecule has 1 N–H and O–H groups in total. The zero-order chi connectivity index (χ0) is 13.4. The molecule has 0 radical (unpaired) electrons. The Hall–Kier alpha value is -2.27. The highest BCUT2D eigenvalue weighted by Gasteiger charge is 2.14. The van der Waals surface area contributed by atoms with E-state index >= 15 is 0 Å². The topological polar surface area (TPSA) is 50.9 Å². The van der Waals surface area contributed by atoms with E-state index in [4.69, 9.17) is 0 Å². The van der Waals surface area contributed by atoms with Gasteiger partial charge in [0.25, 0.3) is 0 Å². The first-order valence-corrected chi connectivity index (χ1v) is 5.95. The predicted octanol–water partition coefficient (Wildman–Crippen LogP) is 2.61. The van der Waals surface area contributed by atoms with Crippen LogP contribution in [-0.4, -0.2) is 20.1 Å². The van der Waals surface area contributed by atoms with Crippen LogP contribution in [0.15, 0.2) is 42.5 Å². The maximum atomic E-state index is 13.3. The van der Waals surface area contributed by atoms with Gasteiger partial charge in [0.15, 0.2) is 0 Å². The van der Waals surface area contributed by atoms with Crippen molar-refractivity contribution in [3.05, 3.63) is 53.8 Å². The molecule has 3 rings (SSSR count). The Labute approximate surface area is 109 Å². The lowest BCUT2D eigenvalue weighted by atomic mass is 10.1. The summed E-state index contributed by atoms with van der Waals surface area (Å²) in [5.41, 5.74) is 2.68. The van der Waals surface area contributed by atoms with Crippen molar-refractivity contribution in [1.29, 1.82) is 0 Å². The molecule has 1 heterocycles. The van der Waals surface area contributed by atoms with E-state index in [2.05, 4.69) is 10.3 Å². The maximum Gasteiger partial charge on any atom is 0.123 e. The van der Waals surface area contributed by atoms with Gasteiger partial charge in [0.05, 0.1) is 17.3 Å². The number of hydrogen-bond acceptors (Lipinski definition) is 3. The fourth-order valence-corrected chi connectivity index (χ4v) is 2.10. The van der Waals surface area contributed by atoms with Gasteiger partial charge < -0.3 is 5.11 Å². The summed E-state index contributed by atoms with van der Waals surface area (Å²) in [6.07, 6.45) is -0.784. The molecule has 0 aliphatic carbocycles. The van der Waals surface area contributed by atoms with Crippen molar-refractivity contribution in [3.63, 3.8) is 0 Å². The molecule has 19 heavy (non-hydrogen) atoms. The molecule has 0 bridgehead atoms. The summed E-state index contributed by atoms with van der Waals surface area (Å²) < 4.78 is 14.9. The lowest BCUT2D eigenvalue weighted by molar-refractivity contribution is 0.198. The zero-order valence-corrected chi connectivity index (χ0v) is 10.3. The molecular formula is C14H12FN3O. The number of aliphatic hydroxyl groups is 1. The van der Waals surface area contributed by atoms with Crippen LogP contribution in [0, 0.1) is 5.82 Å². The third kappa shape index (κ3) is 1.98. The number of aliphatic hydroxyl groups excluding tert-OH is 1. The fraction of sp³-hybridized carbons (Fsp3) is 0.143. The van der Waals surface area contributed by atoms with Crippen molar-refractivity contribution >= 4 is 11.0 Å². The number of rotatable bonds is 2. The molecule has 1 atom stereocenters. The first-order valence-electron chi connectivity index (χ1n) is 5.95. The van der Waals surface area contributed by atoms with Crippen LogP contribution in [-0.2, 0) is 0 Å². The third-order valence-corrected chi connectivity index (χ3v) is 3.02. The molecule has 1 aromatic heterocycles. The van der Waals surface area contributed by atoms with Gasteiger partial charge in [-0.1, -0.05) is 17.3 Å². The second-order valence-electron chi connectivity index (χ2n) is 4.37. The number of hydrogen-bond donors (Lipinski definition) is 1. The number of halogens is 1. The van der Waals surface area contributed by atoms with E-state index in [-0.39, 0.29) is 5.82 Å². The van der Waals surface area contributed by atoms with Gasteiger partial charge in [-0.15, -0.1) is 5.10 Å². The van der Waals surface area contributed by atoms with Gasteiger partial charge in [-0.05, 0) is 37.3 Å². The molecule has 0 fully saturated rings. The average molecular weight is 257 g/mol. The minimum atomic E-state index is -0.784. The zero-order valence-electron chi connectivity index (χ0n) is 10.3. The van der Waals surface area contributed by atoms with E-state index in [9.17, 15) is 9.50 Å². The Kier molecular flexibility index (Phi) is 2.76. The van der Waals surface area contributed by atoms with E-state index in [0.717, 1.165) is 11.0 Å². The summed E-state index contributed by atoms with van der Waals surface area (Å²) in [7, 11) is 0. The lowest BCUT2D eigenvalue weighted by Gasteiger charge is -2.12. The molecule has 0 aliphatic rings. The molecule has 96 valence electrons. The molecule has 0 saturated heterocycles. The average Bonchev–Trinajstić information content (AvgIpc) is 2.82. The van der Waals surface area contributed by atoms with Gasteiger partial charge in [0.1, 0.15) is 11.3 Å². The highest BCUT2D eigenvalue weighted by molar-refractivity contribution is 5.76. The summed E-state index contributed by atoms with van der Waals surface area (Å²) in [6, 6.07) is 11.7. The third-order valence-electron chi connectivity index (χ3n) is 3.02. The predicted molar refractivity (Wildman–Crippen MR) is 69.5 cm³/mol. The van der Waals surface area contributed by atoms with E-state index in [1.54, 1.807) is 17.7 Å². The summed E-state index contributed by atoms with van der Waals surface area (Å²) in [5, 5.41) is 17.9. The molecule has 0 saturated carbocycles. The number of para-hydroxylation sites is 1. The molecule has 0 aliphatic heterocycles. The van der Waals surface area contributed by atoms with Crippen LogP contribution in [0.25, 0.3) is 16.7 Å². The van der Waals surface area contributed by atoms with E-state index in [1.165, 1.54) is 12.1 Å². The second kappa shape index (κ2) is 4.44. The van der Waals surface area contributed by atoms with Gasteiger partial charge in [0, 0.05) is 5.56 Å². The Balaban J connectivity index is 2.27. The van der Waals surface area contributed by atoms with Crippen molar-refractivity contribution in [3.8, 4) is 5.69 Å². The largest absolute Gasteiger partial charge is 0.389 e. The number of benzene rings is 2. The van der Waals surface area contributed by atoms with Crippen LogP contribution in [0.4, 0.5) is 4.39 Å². The van der Waals surface area contributed by atoms with E-state index in [1.807, 2.05) is 24.3 Å². The Bertz CT molecular complexity index is 736. The maximum absolute atomic E-state index is 13.3. The SMILES string of the molecule is CC(O)c1cc(F)ccc1-n1nnc2ccccc21. The van der Waals surface area contributed by atoms with Crippen LogP contribution < -0.4 is 0 Å². The molecule has 4 nitrogen and oxygen atoms in total. The monoisotopic (exact) mass is 257 g/mol. The number of fused-ring (bicyclic) bond motifs is 1. The van der Waals surface area contributed by atoms with Crippen molar-refractivity contribution in [2.75, 3.05) is 0 Å². The van der Waals surface area contributed by atoms with Gasteiger partial charge in [-0.3, -0.25) is 0 Å². The van der Waals surface area contributed by atoms with Crippen LogP contribution >= 0.6 is 0 Å². The summed E-state index contributed by atoms with van der Waals surface area (Å²) in [4.78, 5) is 0. The lowest BCUT2D eigenvalue weighted by Crippen LogP contribution is -2.04. The standard InChI is InChI=1S/C14H12FN3O/c1-9(19)11-8-10(15)6-7-13(11)18-14-5-3-2-4-12(14)16-17-18/h2-9,19H,1H3. The Morgan fingerprint density at radius 2 is 2.00 bits per heavy atom. The number of nitrogens with zero attached hydrogens (tertiary/aromatic N) is 3. The van der Waals surface area contributed by atoms with E-state index in [0.29, 0.717) is 11.3 Å². The van der Waals surface area contributed by atoms with Crippen LogP contribution in [0.3, 0.4) is 0 Å². The summed E-state index contributed by atoms with van der Waals surface area (Å²) >= 11 is 0. The highest BCUT2D eigenvalue weighted by Crippen LogP contribution is 2.24. The molecular weight excluding hydrogens is 245 g/mol. The first-order chi connectivity index (χ1) is 9.16. The highest BCUT2D eigenvalue weighted by atomic mass is 19.1. The summed E-state index contributed by atoms with van der Waals surface area (Å²) in [5.74, 6) is -0.385. The molecule has 2 aromatic carbocycles. The van der Waals surface area contributed by atoms with Crippen molar-refractivity contribution < 1.29 is 9.50 Å². The molecule has 5 heteroatoms. The van der Waals surface area contributed by atoms with Gasteiger partial charge in [-0.2, -0.15) is 0 Å². The van der Waals surface area contributed by atoms with E-state index < -0.39 is 6.10 Å². The van der Waals surface area contributed by atoms with Crippen LogP contribution in [0.2, 0.25) is 0 Å². The molecule has 3 aromatic rings. The van der Waals surface area contributed by atoms with Gasteiger partial charge in [0.2, 0.25) is 0 Å². The van der Waals surface area contributed by atoms with Gasteiger partial charge >= 0.3 is 0 Å². The summed E-state index contributed by atoms with van der Waals surface area (Å²) in [6.45, 7) is 1.59. The van der Waals surface area contributed by atoms with Crippen molar-refractivity contribution in [2.45, 2.75) is 13.0 Å². The smallest absolute Gasteiger partial charge is 0.123 e. The molecule has 0 spiro atoms. The molecule has 1 unspecified atom stereocenters. The minimum absolute atomic E-state index is 0.385. The second-order valence-corrected chi connectivity index (χ2v) is 4.37. The molecule has 0 amide bonds. The first kappa shape index (κ1) is 11.8. The van der Waals surface area contributed by atoms with Gasteiger partial charge in [-0.25, -0.2) is 9.07 Å². The normalized spacial score (nSPS) is 12.8. The fourth-order valence-electron chi connectivity index (χ4n) is 2.10. The Morgan fingerprint density at radius 3 is 2.79 bits per heavy atom. The van der Waals surface area contributed by atoms with Crippen molar-refractivity contribution in [1.82, 2.24) is 15.0 Å². The Morgan fingerprint density at radius 1 is 1.21 bits per heavy atom. The van der Waals surface area contributed by atoms with Crippen LogP contribution in [0.1, 0.15) is 18.6 Å². The number of aromatic nitrogens is 3.